The average Bonchev–Trinajstić information content (AvgIpc) is 2.30. The first-order valence-corrected chi connectivity index (χ1v) is 8.35. The second-order valence-corrected chi connectivity index (χ2v) is 6.43. The molecule has 0 atom stereocenters. The van der Waals surface area contributed by atoms with Gasteiger partial charge in [-0.05, 0) is 13.5 Å². The minimum absolute atomic E-state index is 1.18. The Bertz CT molecular complexity index is 137. The van der Waals surface area contributed by atoms with Crippen LogP contribution in [0.1, 0.15) is 84.0 Å². The molecular weight excluding hydrogens is 274 g/mol. The second kappa shape index (κ2) is 14.5. The average molecular weight is 306 g/mol. The Labute approximate surface area is 118 Å². The van der Waals surface area contributed by atoms with Gasteiger partial charge in [0.15, 0.2) is 0 Å². The lowest BCUT2D eigenvalue weighted by Crippen LogP contribution is -2.04. The van der Waals surface area contributed by atoms with Gasteiger partial charge in [-0.3, -0.25) is 0 Å². The molecule has 0 unspecified atom stereocenters. The molecule has 1 nitrogen and oxygen atoms in total. The van der Waals surface area contributed by atoms with Crippen LogP contribution in [-0.4, -0.2) is 17.5 Å². The zero-order valence-electron chi connectivity index (χ0n) is 12.0. The summed E-state index contributed by atoms with van der Waals surface area (Å²) in [5, 5.41) is 0. The highest BCUT2D eigenvalue weighted by Crippen LogP contribution is 2.12. The summed E-state index contributed by atoms with van der Waals surface area (Å²) in [4.78, 5) is 0. The minimum Gasteiger partial charge on any atom is -0.245 e. The fraction of sp³-hybridized carbons (Fsp3) is 1.00. The predicted molar refractivity (Wildman–Crippen MR) is 82.6 cm³/mol. The number of rotatable bonds is 13. The maximum atomic E-state index is 3.44. The third-order valence-corrected chi connectivity index (χ3v) is 3.67. The summed E-state index contributed by atoms with van der Waals surface area (Å²) in [5.74, 6) is 0. The van der Waals surface area contributed by atoms with Crippen molar-refractivity contribution in [2.45, 2.75) is 84.0 Å². The van der Waals surface area contributed by atoms with E-state index in [0.717, 1.165) is 0 Å². The maximum absolute atomic E-state index is 3.44. The van der Waals surface area contributed by atoms with E-state index < -0.39 is 0 Å². The summed E-state index contributed by atoms with van der Waals surface area (Å²) in [6.45, 7) is 3.46. The molecular formula is C15H32BrN. The molecule has 2 heteroatoms. The van der Waals surface area contributed by atoms with Crippen molar-refractivity contribution >= 4 is 16.1 Å². The molecule has 0 radical (unpaired) electrons. The Morgan fingerprint density at radius 3 is 1.35 bits per heavy atom. The lowest BCUT2D eigenvalue weighted by molar-refractivity contribution is 0.508. The second-order valence-electron chi connectivity index (χ2n) is 5.22. The zero-order valence-corrected chi connectivity index (χ0v) is 13.6. The first kappa shape index (κ1) is 17.4. The molecule has 0 aromatic carbocycles. The largest absolute Gasteiger partial charge is 0.245 e. The smallest absolute Gasteiger partial charge is 0.0117 e. The number of unbranched alkanes of at least 4 members (excludes halogenated alkanes) is 11. The highest BCUT2D eigenvalue weighted by molar-refractivity contribution is 9.07. The quantitative estimate of drug-likeness (QED) is 0.301. The SMILES string of the molecule is CCCCCCCCCCCCCCN(C)Br. The molecule has 0 heterocycles. The molecule has 0 aliphatic rings. The van der Waals surface area contributed by atoms with Crippen LogP contribution >= 0.6 is 16.1 Å². The molecule has 0 bridgehead atoms. The van der Waals surface area contributed by atoms with Gasteiger partial charge < -0.3 is 0 Å². The van der Waals surface area contributed by atoms with Gasteiger partial charge in [0, 0.05) is 22.7 Å². The highest BCUT2D eigenvalue weighted by Gasteiger charge is 1.94. The standard InChI is InChI=1S/C15H32BrN/c1-3-4-5-6-7-8-9-10-11-12-13-14-15-17(2)16/h3-15H2,1-2H3. The fourth-order valence-electron chi connectivity index (χ4n) is 2.17. The lowest BCUT2D eigenvalue weighted by atomic mass is 10.1. The van der Waals surface area contributed by atoms with Gasteiger partial charge in [-0.2, -0.15) is 0 Å². The van der Waals surface area contributed by atoms with Crippen molar-refractivity contribution in [2.75, 3.05) is 13.6 Å². The molecule has 17 heavy (non-hydrogen) atoms. The van der Waals surface area contributed by atoms with Crippen molar-refractivity contribution in [1.29, 1.82) is 0 Å². The third-order valence-electron chi connectivity index (χ3n) is 3.32. The normalized spacial score (nSPS) is 11.3. The third kappa shape index (κ3) is 16.4. The van der Waals surface area contributed by atoms with Gasteiger partial charge in [-0.25, -0.2) is 3.93 Å². The summed E-state index contributed by atoms with van der Waals surface area (Å²) >= 11 is 3.44. The summed E-state index contributed by atoms with van der Waals surface area (Å²) in [7, 11) is 2.08. The molecule has 0 amide bonds. The Hall–Kier alpha value is 0.440. The van der Waals surface area contributed by atoms with E-state index in [1.54, 1.807) is 0 Å². The first-order valence-electron chi connectivity index (χ1n) is 7.64. The number of halogens is 1. The maximum Gasteiger partial charge on any atom is 0.0117 e. The van der Waals surface area contributed by atoms with Crippen molar-refractivity contribution < 1.29 is 0 Å². The number of hydrogen-bond acceptors (Lipinski definition) is 1. The topological polar surface area (TPSA) is 3.24 Å². The van der Waals surface area contributed by atoms with E-state index in [9.17, 15) is 0 Å². The zero-order chi connectivity index (χ0) is 12.8. The van der Waals surface area contributed by atoms with Crippen LogP contribution in [0.3, 0.4) is 0 Å². The number of hydrogen-bond donors (Lipinski definition) is 0. The van der Waals surface area contributed by atoms with Crippen LogP contribution in [0.4, 0.5) is 0 Å². The van der Waals surface area contributed by atoms with Crippen LogP contribution in [0, 0.1) is 0 Å². The van der Waals surface area contributed by atoms with Crippen LogP contribution in [0.2, 0.25) is 0 Å². The van der Waals surface area contributed by atoms with Crippen LogP contribution in [0.15, 0.2) is 0 Å². The van der Waals surface area contributed by atoms with E-state index in [2.05, 4.69) is 34.0 Å². The molecule has 0 rings (SSSR count). The fourth-order valence-corrected chi connectivity index (χ4v) is 2.42. The molecule has 0 aliphatic carbocycles. The minimum atomic E-state index is 1.18. The lowest BCUT2D eigenvalue weighted by Gasteiger charge is -2.06. The van der Waals surface area contributed by atoms with Crippen molar-refractivity contribution in [3.63, 3.8) is 0 Å². The summed E-state index contributed by atoms with van der Waals surface area (Å²) in [6, 6.07) is 0. The van der Waals surface area contributed by atoms with Crippen LogP contribution < -0.4 is 0 Å². The van der Waals surface area contributed by atoms with Crippen LogP contribution in [0.5, 0.6) is 0 Å². The van der Waals surface area contributed by atoms with Crippen LogP contribution in [0.25, 0.3) is 0 Å². The van der Waals surface area contributed by atoms with Crippen molar-refractivity contribution in [3.8, 4) is 0 Å². The molecule has 0 fully saturated rings. The van der Waals surface area contributed by atoms with Crippen molar-refractivity contribution in [2.24, 2.45) is 0 Å². The van der Waals surface area contributed by atoms with Gasteiger partial charge in [0.25, 0.3) is 0 Å². The number of nitrogens with zero attached hydrogens (tertiary/aromatic N) is 1. The van der Waals surface area contributed by atoms with Gasteiger partial charge >= 0.3 is 0 Å². The van der Waals surface area contributed by atoms with E-state index in [-0.39, 0.29) is 0 Å². The van der Waals surface area contributed by atoms with Gasteiger partial charge in [0.2, 0.25) is 0 Å². The van der Waals surface area contributed by atoms with Crippen LogP contribution in [-0.2, 0) is 0 Å². The van der Waals surface area contributed by atoms with E-state index >= 15 is 0 Å². The van der Waals surface area contributed by atoms with E-state index in [0.29, 0.717) is 0 Å². The Kier molecular flexibility index (Phi) is 14.9. The molecule has 0 saturated heterocycles. The molecule has 0 saturated carbocycles. The molecule has 104 valence electrons. The Balaban J connectivity index is 2.89. The van der Waals surface area contributed by atoms with Gasteiger partial charge in [0.05, 0.1) is 0 Å². The van der Waals surface area contributed by atoms with E-state index in [4.69, 9.17) is 0 Å². The van der Waals surface area contributed by atoms with Gasteiger partial charge in [0.1, 0.15) is 0 Å². The molecule has 0 aliphatic heterocycles. The predicted octanol–water partition coefficient (Wildman–Crippen LogP) is 5.93. The van der Waals surface area contributed by atoms with Gasteiger partial charge in [-0.15, -0.1) is 0 Å². The van der Waals surface area contributed by atoms with E-state index in [1.165, 1.54) is 83.6 Å². The Morgan fingerprint density at radius 1 is 0.647 bits per heavy atom. The summed E-state index contributed by atoms with van der Waals surface area (Å²) in [6.07, 6.45) is 17.2. The molecule has 0 spiro atoms. The molecule has 0 aromatic rings. The summed E-state index contributed by atoms with van der Waals surface area (Å²) in [5.41, 5.74) is 0. The van der Waals surface area contributed by atoms with Crippen molar-refractivity contribution in [3.05, 3.63) is 0 Å². The highest BCUT2D eigenvalue weighted by atomic mass is 79.9. The van der Waals surface area contributed by atoms with Crippen molar-refractivity contribution in [1.82, 2.24) is 3.93 Å². The monoisotopic (exact) mass is 305 g/mol. The van der Waals surface area contributed by atoms with Gasteiger partial charge in [-0.1, -0.05) is 77.6 Å². The molecule has 0 N–H and O–H groups in total. The van der Waals surface area contributed by atoms with E-state index in [1.807, 2.05) is 0 Å². The first-order chi connectivity index (χ1) is 8.27. The summed E-state index contributed by atoms with van der Waals surface area (Å²) < 4.78 is 2.10. The Morgan fingerprint density at radius 2 is 1.00 bits per heavy atom. The molecule has 0 aromatic heterocycles.